The predicted octanol–water partition coefficient (Wildman–Crippen LogP) is 3.63. The minimum absolute atomic E-state index is 0. The highest BCUT2D eigenvalue weighted by Gasteiger charge is 2.21. The van der Waals surface area contributed by atoms with Crippen molar-refractivity contribution < 1.29 is 9.32 Å². The number of rotatable bonds is 7. The molecule has 0 radical (unpaired) electrons. The van der Waals surface area contributed by atoms with E-state index < -0.39 is 0 Å². The number of aromatic nitrogens is 1. The molecule has 2 heterocycles. The number of H-pyrrole nitrogens is 1. The van der Waals surface area contributed by atoms with Crippen molar-refractivity contribution in [1.82, 2.24) is 15.4 Å². The largest absolute Gasteiger partial charge is 0.361 e. The van der Waals surface area contributed by atoms with Crippen molar-refractivity contribution in [2.45, 2.75) is 31.6 Å². The zero-order valence-electron chi connectivity index (χ0n) is 14.0. The van der Waals surface area contributed by atoms with E-state index in [9.17, 15) is 0 Å². The van der Waals surface area contributed by atoms with Gasteiger partial charge in [0.1, 0.15) is 0 Å². The number of fused-ring (bicyclic) bond motifs is 1. The third kappa shape index (κ3) is 4.88. The summed E-state index contributed by atoms with van der Waals surface area (Å²) in [6.45, 7) is 3.11. The van der Waals surface area contributed by atoms with Crippen molar-refractivity contribution in [3.8, 4) is 0 Å². The fourth-order valence-corrected chi connectivity index (χ4v) is 3.49. The van der Waals surface area contributed by atoms with Gasteiger partial charge in [-0.15, -0.1) is 21.7 Å². The van der Waals surface area contributed by atoms with Gasteiger partial charge in [0.25, 0.3) is 0 Å². The first-order valence-electron chi connectivity index (χ1n) is 8.26. The van der Waals surface area contributed by atoms with E-state index in [4.69, 9.17) is 0 Å². The molecule has 0 atom stereocenters. The van der Waals surface area contributed by atoms with Gasteiger partial charge in [-0.3, -0.25) is 0 Å². The summed E-state index contributed by atoms with van der Waals surface area (Å²) in [6, 6.07) is 6.74. The Morgan fingerprint density at radius 3 is 2.88 bits per heavy atom. The Morgan fingerprint density at radius 2 is 2.12 bits per heavy atom. The van der Waals surface area contributed by atoms with Crippen LogP contribution in [-0.4, -0.2) is 36.6 Å². The molecule has 1 aliphatic heterocycles. The van der Waals surface area contributed by atoms with Gasteiger partial charge in [-0.25, -0.2) is 0 Å². The maximum atomic E-state index is 4.54. The van der Waals surface area contributed by atoms with E-state index in [0.29, 0.717) is 5.92 Å². The Kier molecular flexibility index (Phi) is 7.87. The summed E-state index contributed by atoms with van der Waals surface area (Å²) in [5.41, 5.74) is 6.79. The van der Waals surface area contributed by atoms with Crippen LogP contribution in [0.2, 0.25) is 0 Å². The van der Waals surface area contributed by atoms with Gasteiger partial charge in [0, 0.05) is 36.6 Å². The zero-order chi connectivity index (χ0) is 16.1. The molecule has 24 heavy (non-hydrogen) atoms. The summed E-state index contributed by atoms with van der Waals surface area (Å²) in [4.78, 5) is 10.4. The van der Waals surface area contributed by atoms with E-state index in [-0.39, 0.29) is 12.4 Å². The van der Waals surface area contributed by atoms with Gasteiger partial charge >= 0.3 is 0 Å². The third-order valence-electron chi connectivity index (χ3n) is 4.78. The molecule has 1 fully saturated rings. The van der Waals surface area contributed by atoms with E-state index in [1.165, 1.54) is 48.0 Å². The van der Waals surface area contributed by atoms with Gasteiger partial charge in [0.2, 0.25) is 0 Å². The van der Waals surface area contributed by atoms with Crippen LogP contribution in [0.4, 0.5) is 0 Å². The number of benzene rings is 1. The summed E-state index contributed by atoms with van der Waals surface area (Å²) in [5, 5.41) is 1.39. The van der Waals surface area contributed by atoms with Gasteiger partial charge in [0.05, 0.1) is 0 Å². The molecule has 0 bridgehead atoms. The number of aromatic amines is 1. The summed E-state index contributed by atoms with van der Waals surface area (Å²) >= 11 is 3.50. The Hall–Kier alpha value is -0.760. The van der Waals surface area contributed by atoms with Crippen molar-refractivity contribution in [1.29, 1.82) is 0 Å². The van der Waals surface area contributed by atoms with Crippen LogP contribution in [0.3, 0.4) is 0 Å². The van der Waals surface area contributed by atoms with Crippen LogP contribution in [0, 0.1) is 0 Å². The molecule has 0 saturated carbocycles. The molecule has 1 aromatic carbocycles. The molecular formula is C17H26ClN3O2S. The molecule has 7 heteroatoms. The Balaban J connectivity index is 0.00000208. The second-order valence-electron chi connectivity index (χ2n) is 6.36. The van der Waals surface area contributed by atoms with Crippen LogP contribution in [-0.2, 0) is 15.7 Å². The van der Waals surface area contributed by atoms with Crippen molar-refractivity contribution in [2.24, 2.45) is 0 Å². The van der Waals surface area contributed by atoms with Crippen LogP contribution in [0.1, 0.15) is 36.3 Å². The molecule has 134 valence electrons. The quantitative estimate of drug-likeness (QED) is 0.229. The molecule has 0 aliphatic carbocycles. The number of hydrogen-bond donors (Lipinski definition) is 3. The normalized spacial score (nSPS) is 16.4. The summed E-state index contributed by atoms with van der Waals surface area (Å²) in [6.07, 6.45) is 6.70. The fraction of sp³-hybridized carbons (Fsp3) is 0.529. The van der Waals surface area contributed by atoms with E-state index in [1.54, 1.807) is 0 Å². The lowest BCUT2D eigenvalue weighted by atomic mass is 9.89. The second-order valence-corrected chi connectivity index (χ2v) is 6.51. The summed E-state index contributed by atoms with van der Waals surface area (Å²) < 4.78 is 4.21. The number of thiol groups is 1. The van der Waals surface area contributed by atoms with Crippen LogP contribution in [0.5, 0.6) is 0 Å². The Bertz CT molecular complexity index is 629. The number of nitrogens with zero attached hydrogens (tertiary/aromatic N) is 1. The standard InChI is InChI=1S/C17H25N3O2S.ClH/c1-20-9-6-14(7-10-20)16-12-18-17-5-4-13(11-15(16)17)3-2-8-19-21-22-23;/h4-5,11-12,14,18-19,23H,2-3,6-10H2,1H3;1H. The number of hydrogen-bond acceptors (Lipinski definition) is 5. The highest BCUT2D eigenvalue weighted by atomic mass is 35.5. The number of likely N-dealkylation sites (tertiary alicyclic amines) is 1. The van der Waals surface area contributed by atoms with E-state index in [1.807, 2.05) is 0 Å². The van der Waals surface area contributed by atoms with Gasteiger partial charge < -0.3 is 9.88 Å². The van der Waals surface area contributed by atoms with Crippen molar-refractivity contribution >= 4 is 36.2 Å². The lowest BCUT2D eigenvalue weighted by Crippen LogP contribution is -2.29. The number of piperidine rings is 1. The molecule has 0 amide bonds. The highest BCUT2D eigenvalue weighted by Crippen LogP contribution is 2.33. The summed E-state index contributed by atoms with van der Waals surface area (Å²) in [7, 11) is 2.21. The predicted molar refractivity (Wildman–Crippen MR) is 102 cm³/mol. The monoisotopic (exact) mass is 371 g/mol. The number of hydroxylamine groups is 1. The topological polar surface area (TPSA) is 49.5 Å². The molecule has 1 saturated heterocycles. The third-order valence-corrected chi connectivity index (χ3v) is 4.85. The van der Waals surface area contributed by atoms with Gasteiger partial charge in [0.15, 0.2) is 0 Å². The summed E-state index contributed by atoms with van der Waals surface area (Å²) in [5.74, 6) is 0.679. The minimum Gasteiger partial charge on any atom is -0.361 e. The molecule has 2 aromatic rings. The highest BCUT2D eigenvalue weighted by molar-refractivity contribution is 7.74. The Morgan fingerprint density at radius 1 is 1.33 bits per heavy atom. The van der Waals surface area contributed by atoms with E-state index in [0.717, 1.165) is 19.4 Å². The molecule has 1 aromatic heterocycles. The number of halogens is 1. The van der Waals surface area contributed by atoms with Crippen LogP contribution < -0.4 is 5.48 Å². The minimum atomic E-state index is 0. The molecule has 2 N–H and O–H groups in total. The first kappa shape index (κ1) is 19.6. The molecule has 0 unspecified atom stereocenters. The maximum absolute atomic E-state index is 4.54. The molecular weight excluding hydrogens is 346 g/mol. The lowest BCUT2D eigenvalue weighted by molar-refractivity contribution is -0.242. The SMILES string of the molecule is CN1CCC(c2c[nH]c3ccc(CCCNOOS)cc23)CC1.Cl. The molecule has 1 aliphatic rings. The van der Waals surface area contributed by atoms with Crippen LogP contribution in [0.15, 0.2) is 24.4 Å². The average molecular weight is 372 g/mol. The lowest BCUT2D eigenvalue weighted by Gasteiger charge is -2.28. The van der Waals surface area contributed by atoms with Crippen molar-refractivity contribution in [2.75, 3.05) is 26.7 Å². The maximum Gasteiger partial charge on any atom is 0.0457 e. The molecule has 5 nitrogen and oxygen atoms in total. The Labute approximate surface area is 155 Å². The molecule has 0 spiro atoms. The number of nitrogens with one attached hydrogen (secondary N) is 2. The van der Waals surface area contributed by atoms with Crippen molar-refractivity contribution in [3.05, 3.63) is 35.5 Å². The van der Waals surface area contributed by atoms with Gasteiger partial charge in [-0.2, -0.15) is 5.48 Å². The zero-order valence-corrected chi connectivity index (χ0v) is 15.7. The van der Waals surface area contributed by atoms with E-state index in [2.05, 4.69) is 69.0 Å². The average Bonchev–Trinajstić information content (AvgIpc) is 2.99. The van der Waals surface area contributed by atoms with Crippen molar-refractivity contribution in [3.63, 3.8) is 0 Å². The smallest absolute Gasteiger partial charge is 0.0457 e. The van der Waals surface area contributed by atoms with Crippen LogP contribution in [0.25, 0.3) is 10.9 Å². The van der Waals surface area contributed by atoms with Crippen LogP contribution >= 0.6 is 25.3 Å². The molecule has 3 rings (SSSR count). The number of aryl methyl sites for hydroxylation is 1. The van der Waals surface area contributed by atoms with Gasteiger partial charge in [-0.1, -0.05) is 6.07 Å². The first-order valence-corrected chi connectivity index (χ1v) is 8.63. The second kappa shape index (κ2) is 9.65. The fourth-order valence-electron chi connectivity index (χ4n) is 3.43. The van der Waals surface area contributed by atoms with E-state index >= 15 is 0 Å². The van der Waals surface area contributed by atoms with Gasteiger partial charge in [-0.05, 0) is 75.0 Å². The first-order chi connectivity index (χ1) is 11.3.